The number of carbonyl (C=O) groups is 2. The quantitative estimate of drug-likeness (QED) is 0.451. The first kappa shape index (κ1) is 14.8. The Balaban J connectivity index is 2.04. The Hall–Kier alpha value is -1.58. The lowest BCUT2D eigenvalue weighted by Gasteiger charge is -2.30. The van der Waals surface area contributed by atoms with E-state index in [-0.39, 0.29) is 24.0 Å². The van der Waals surface area contributed by atoms with E-state index in [2.05, 4.69) is 25.2 Å². The molecule has 0 saturated carbocycles. The van der Waals surface area contributed by atoms with Gasteiger partial charge in [0, 0.05) is 24.3 Å². The summed E-state index contributed by atoms with van der Waals surface area (Å²) in [5, 5.41) is 0. The van der Waals surface area contributed by atoms with Crippen molar-refractivity contribution in [1.82, 2.24) is 0 Å². The highest BCUT2D eigenvalue weighted by Gasteiger charge is 2.42. The lowest BCUT2D eigenvalue weighted by molar-refractivity contribution is -0.141. The summed E-state index contributed by atoms with van der Waals surface area (Å²) in [7, 11) is 1.41. The van der Waals surface area contributed by atoms with E-state index in [9.17, 15) is 9.59 Å². The SMILES string of the molecule is C=C1C(=O)O[C@H]2CC(C)=C([C@H](C)CCC(=O)OC)C[C@@H]12. The maximum atomic E-state index is 11.6. The lowest BCUT2D eigenvalue weighted by Crippen LogP contribution is -2.25. The zero-order valence-electron chi connectivity index (χ0n) is 12.4. The highest BCUT2D eigenvalue weighted by molar-refractivity contribution is 5.91. The Labute approximate surface area is 119 Å². The molecule has 1 aliphatic heterocycles. The summed E-state index contributed by atoms with van der Waals surface area (Å²) in [4.78, 5) is 22.8. The van der Waals surface area contributed by atoms with E-state index in [1.807, 2.05) is 0 Å². The van der Waals surface area contributed by atoms with Crippen molar-refractivity contribution in [1.29, 1.82) is 0 Å². The van der Waals surface area contributed by atoms with Gasteiger partial charge >= 0.3 is 11.9 Å². The second-order valence-corrected chi connectivity index (χ2v) is 5.81. The molecule has 1 heterocycles. The van der Waals surface area contributed by atoms with Gasteiger partial charge in [0.05, 0.1) is 7.11 Å². The summed E-state index contributed by atoms with van der Waals surface area (Å²) in [5.41, 5.74) is 3.22. The van der Waals surface area contributed by atoms with Crippen molar-refractivity contribution < 1.29 is 19.1 Å². The molecule has 110 valence electrons. The molecule has 2 rings (SSSR count). The van der Waals surface area contributed by atoms with E-state index in [4.69, 9.17) is 4.74 Å². The molecule has 4 nitrogen and oxygen atoms in total. The van der Waals surface area contributed by atoms with E-state index in [1.54, 1.807) is 0 Å². The van der Waals surface area contributed by atoms with Crippen molar-refractivity contribution in [3.05, 3.63) is 23.3 Å². The average molecular weight is 278 g/mol. The van der Waals surface area contributed by atoms with Crippen molar-refractivity contribution in [3.8, 4) is 0 Å². The van der Waals surface area contributed by atoms with E-state index in [0.717, 1.165) is 19.3 Å². The molecule has 1 fully saturated rings. The summed E-state index contributed by atoms with van der Waals surface area (Å²) in [6.07, 6.45) is 2.78. The molecule has 0 bridgehead atoms. The Bertz CT molecular complexity index is 475. The summed E-state index contributed by atoms with van der Waals surface area (Å²) >= 11 is 0. The Morgan fingerprint density at radius 1 is 1.50 bits per heavy atom. The number of hydrogen-bond acceptors (Lipinski definition) is 4. The first-order chi connectivity index (χ1) is 9.43. The van der Waals surface area contributed by atoms with Crippen LogP contribution in [-0.2, 0) is 19.1 Å². The molecule has 0 aromatic heterocycles. The lowest BCUT2D eigenvalue weighted by atomic mass is 9.75. The maximum Gasteiger partial charge on any atom is 0.334 e. The fourth-order valence-electron chi connectivity index (χ4n) is 3.19. The molecule has 0 N–H and O–H groups in total. The third-order valence-electron chi connectivity index (χ3n) is 4.52. The van der Waals surface area contributed by atoms with Gasteiger partial charge in [-0.1, -0.05) is 24.6 Å². The molecule has 0 spiro atoms. The Kier molecular flexibility index (Phi) is 4.31. The molecule has 1 aliphatic carbocycles. The van der Waals surface area contributed by atoms with Crippen LogP contribution in [0.25, 0.3) is 0 Å². The molecular weight excluding hydrogens is 256 g/mol. The fraction of sp³-hybridized carbons (Fsp3) is 0.625. The molecule has 20 heavy (non-hydrogen) atoms. The monoisotopic (exact) mass is 278 g/mol. The van der Waals surface area contributed by atoms with Gasteiger partial charge < -0.3 is 9.47 Å². The van der Waals surface area contributed by atoms with Gasteiger partial charge in [-0.15, -0.1) is 0 Å². The van der Waals surface area contributed by atoms with E-state index < -0.39 is 0 Å². The molecule has 0 aromatic rings. The summed E-state index contributed by atoms with van der Waals surface area (Å²) in [6, 6.07) is 0. The van der Waals surface area contributed by atoms with Crippen LogP contribution in [0.4, 0.5) is 0 Å². The van der Waals surface area contributed by atoms with Crippen molar-refractivity contribution in [2.45, 2.75) is 45.6 Å². The van der Waals surface area contributed by atoms with Crippen molar-refractivity contribution in [2.24, 2.45) is 11.8 Å². The van der Waals surface area contributed by atoms with Crippen molar-refractivity contribution in [3.63, 3.8) is 0 Å². The van der Waals surface area contributed by atoms with Gasteiger partial charge in [-0.05, 0) is 25.7 Å². The van der Waals surface area contributed by atoms with Crippen LogP contribution in [0.3, 0.4) is 0 Å². The van der Waals surface area contributed by atoms with Gasteiger partial charge in [0.1, 0.15) is 6.10 Å². The number of allylic oxidation sites excluding steroid dienone is 1. The number of fused-ring (bicyclic) bond motifs is 1. The molecule has 3 atom stereocenters. The number of ether oxygens (including phenoxy) is 2. The Morgan fingerprint density at radius 3 is 2.85 bits per heavy atom. The zero-order chi connectivity index (χ0) is 14.9. The van der Waals surface area contributed by atoms with E-state index >= 15 is 0 Å². The third kappa shape index (κ3) is 2.79. The van der Waals surface area contributed by atoms with Crippen LogP contribution in [0.2, 0.25) is 0 Å². The predicted molar refractivity (Wildman–Crippen MR) is 74.9 cm³/mol. The summed E-state index contributed by atoms with van der Waals surface area (Å²) in [5.74, 6) is 0.00386. The van der Waals surface area contributed by atoms with Gasteiger partial charge in [0.2, 0.25) is 0 Å². The molecule has 0 unspecified atom stereocenters. The van der Waals surface area contributed by atoms with Gasteiger partial charge in [-0.2, -0.15) is 0 Å². The number of rotatable bonds is 4. The van der Waals surface area contributed by atoms with E-state index in [0.29, 0.717) is 17.9 Å². The number of esters is 2. The molecule has 0 amide bonds. The highest BCUT2D eigenvalue weighted by atomic mass is 16.6. The molecule has 1 saturated heterocycles. The topological polar surface area (TPSA) is 52.6 Å². The van der Waals surface area contributed by atoms with Crippen LogP contribution in [0.15, 0.2) is 23.3 Å². The van der Waals surface area contributed by atoms with Crippen LogP contribution in [0.5, 0.6) is 0 Å². The number of hydrogen-bond donors (Lipinski definition) is 0. The van der Waals surface area contributed by atoms with Crippen LogP contribution in [0, 0.1) is 11.8 Å². The Morgan fingerprint density at radius 2 is 2.20 bits per heavy atom. The number of methoxy groups -OCH3 is 1. The second-order valence-electron chi connectivity index (χ2n) is 5.81. The van der Waals surface area contributed by atoms with Gasteiger partial charge in [-0.25, -0.2) is 4.79 Å². The smallest absolute Gasteiger partial charge is 0.334 e. The summed E-state index contributed by atoms with van der Waals surface area (Å²) in [6.45, 7) is 8.07. The molecule has 0 radical (unpaired) electrons. The van der Waals surface area contributed by atoms with Gasteiger partial charge in [0.15, 0.2) is 0 Å². The van der Waals surface area contributed by atoms with E-state index in [1.165, 1.54) is 18.3 Å². The van der Waals surface area contributed by atoms with Crippen molar-refractivity contribution in [2.75, 3.05) is 7.11 Å². The van der Waals surface area contributed by atoms with Crippen LogP contribution >= 0.6 is 0 Å². The minimum atomic E-state index is -0.253. The zero-order valence-corrected chi connectivity index (χ0v) is 12.4. The van der Waals surface area contributed by atoms with Crippen LogP contribution in [-0.4, -0.2) is 25.2 Å². The summed E-state index contributed by atoms with van der Waals surface area (Å²) < 4.78 is 10.0. The highest BCUT2D eigenvalue weighted by Crippen LogP contribution is 2.43. The molecular formula is C16H22O4. The maximum absolute atomic E-state index is 11.6. The van der Waals surface area contributed by atoms with Gasteiger partial charge in [-0.3, -0.25) is 4.79 Å². The third-order valence-corrected chi connectivity index (χ3v) is 4.52. The van der Waals surface area contributed by atoms with Gasteiger partial charge in [0.25, 0.3) is 0 Å². The molecule has 0 aromatic carbocycles. The minimum Gasteiger partial charge on any atom is -0.469 e. The number of carbonyl (C=O) groups excluding carboxylic acids is 2. The molecule has 4 heteroatoms. The van der Waals surface area contributed by atoms with Crippen LogP contribution in [0.1, 0.15) is 39.5 Å². The second kappa shape index (κ2) is 5.81. The van der Waals surface area contributed by atoms with Crippen LogP contribution < -0.4 is 0 Å². The first-order valence-corrected chi connectivity index (χ1v) is 7.09. The fourth-order valence-corrected chi connectivity index (χ4v) is 3.19. The standard InChI is InChI=1S/C16H22O4/c1-9(5-6-15(17)19-4)12-8-13-11(3)16(18)20-14(13)7-10(12)2/h9,13-14H,3,5-8H2,1-2,4H3/t9-,13+,14+/m1/s1. The average Bonchev–Trinajstić information content (AvgIpc) is 2.69. The largest absolute Gasteiger partial charge is 0.469 e. The molecule has 2 aliphatic rings. The van der Waals surface area contributed by atoms with Crippen molar-refractivity contribution >= 4 is 11.9 Å². The predicted octanol–water partition coefficient (Wildman–Crippen LogP) is 2.78. The normalized spacial score (nSPS) is 27.1. The minimum absolute atomic E-state index is 0.0356. The first-order valence-electron chi connectivity index (χ1n) is 7.09.